The zero-order valence-corrected chi connectivity index (χ0v) is 8.74. The minimum Gasteiger partial charge on any atom is -0.352 e. The van der Waals surface area contributed by atoms with E-state index in [1.54, 1.807) is 0 Å². The number of benzene rings is 1. The molecule has 0 spiro atoms. The molecule has 1 amide bonds. The Morgan fingerprint density at radius 2 is 2.24 bits per heavy atom. The molecule has 0 heterocycles. The number of rotatable bonds is 5. The summed E-state index contributed by atoms with van der Waals surface area (Å²) in [5, 5.41) is 16.3. The molecule has 0 aliphatic rings. The molecular formula is C9H9N5O3. The van der Waals surface area contributed by atoms with Gasteiger partial charge in [0.15, 0.2) is 0 Å². The van der Waals surface area contributed by atoms with Crippen molar-refractivity contribution in [3.05, 3.63) is 50.4 Å². The summed E-state index contributed by atoms with van der Waals surface area (Å²) in [5.41, 5.74) is 7.75. The van der Waals surface area contributed by atoms with Crippen LogP contribution in [0, 0.1) is 10.1 Å². The number of para-hydroxylation sites is 1. The first kappa shape index (κ1) is 12.5. The Bertz CT molecular complexity index is 481. The maximum Gasteiger partial charge on any atom is 0.282 e. The second-order valence-electron chi connectivity index (χ2n) is 2.98. The number of carbonyl (C=O) groups is 1. The van der Waals surface area contributed by atoms with Crippen LogP contribution in [0.4, 0.5) is 5.69 Å². The van der Waals surface area contributed by atoms with E-state index in [0.717, 1.165) is 0 Å². The molecule has 17 heavy (non-hydrogen) atoms. The van der Waals surface area contributed by atoms with Crippen molar-refractivity contribution in [3.8, 4) is 0 Å². The summed E-state index contributed by atoms with van der Waals surface area (Å²) in [4.78, 5) is 24.1. The van der Waals surface area contributed by atoms with Crippen LogP contribution < -0.4 is 5.32 Å². The highest BCUT2D eigenvalue weighted by Crippen LogP contribution is 2.16. The van der Waals surface area contributed by atoms with E-state index in [1.807, 2.05) is 0 Å². The van der Waals surface area contributed by atoms with E-state index in [1.165, 1.54) is 24.3 Å². The lowest BCUT2D eigenvalue weighted by Crippen LogP contribution is -2.26. The third kappa shape index (κ3) is 3.47. The Hall–Kier alpha value is -2.60. The van der Waals surface area contributed by atoms with Gasteiger partial charge in [-0.2, -0.15) is 0 Å². The maximum atomic E-state index is 11.6. The van der Waals surface area contributed by atoms with Gasteiger partial charge in [0.2, 0.25) is 0 Å². The van der Waals surface area contributed by atoms with Gasteiger partial charge in [-0.15, -0.1) is 0 Å². The Morgan fingerprint density at radius 1 is 1.53 bits per heavy atom. The van der Waals surface area contributed by atoms with Crippen LogP contribution in [0.3, 0.4) is 0 Å². The fourth-order valence-corrected chi connectivity index (χ4v) is 1.18. The van der Waals surface area contributed by atoms with Crippen LogP contribution in [0.25, 0.3) is 10.4 Å². The summed E-state index contributed by atoms with van der Waals surface area (Å²) in [7, 11) is 0. The third-order valence-corrected chi connectivity index (χ3v) is 1.91. The molecule has 0 fully saturated rings. The van der Waals surface area contributed by atoms with E-state index in [2.05, 4.69) is 15.3 Å². The summed E-state index contributed by atoms with van der Waals surface area (Å²) >= 11 is 0. The van der Waals surface area contributed by atoms with Gasteiger partial charge < -0.3 is 5.32 Å². The van der Waals surface area contributed by atoms with Gasteiger partial charge in [0.05, 0.1) is 4.92 Å². The first-order valence-corrected chi connectivity index (χ1v) is 4.69. The lowest BCUT2D eigenvalue weighted by Gasteiger charge is -2.03. The van der Waals surface area contributed by atoms with Crippen LogP contribution in [-0.2, 0) is 0 Å². The monoisotopic (exact) mass is 235 g/mol. The van der Waals surface area contributed by atoms with Gasteiger partial charge in [-0.1, -0.05) is 17.2 Å². The number of nitrogens with zero attached hydrogens (tertiary/aromatic N) is 4. The molecule has 0 saturated heterocycles. The minimum atomic E-state index is -0.623. The Balaban J connectivity index is 2.75. The predicted octanol–water partition coefficient (Wildman–Crippen LogP) is 1.63. The molecule has 0 bridgehead atoms. The van der Waals surface area contributed by atoms with Crippen molar-refractivity contribution < 1.29 is 9.72 Å². The molecule has 8 nitrogen and oxygen atoms in total. The summed E-state index contributed by atoms with van der Waals surface area (Å²) in [6, 6.07) is 5.63. The second-order valence-corrected chi connectivity index (χ2v) is 2.98. The van der Waals surface area contributed by atoms with E-state index < -0.39 is 10.8 Å². The summed E-state index contributed by atoms with van der Waals surface area (Å²) < 4.78 is 0. The topological polar surface area (TPSA) is 121 Å². The number of azide groups is 1. The molecule has 1 rings (SSSR count). The fraction of sp³-hybridized carbons (Fsp3) is 0.222. The molecule has 0 atom stereocenters. The van der Waals surface area contributed by atoms with Crippen LogP contribution in [0.5, 0.6) is 0 Å². The lowest BCUT2D eigenvalue weighted by atomic mass is 10.1. The number of carbonyl (C=O) groups excluding carboxylic acids is 1. The first-order chi connectivity index (χ1) is 8.16. The van der Waals surface area contributed by atoms with Crippen molar-refractivity contribution in [2.24, 2.45) is 5.11 Å². The molecule has 0 aromatic heterocycles. The van der Waals surface area contributed by atoms with Crippen molar-refractivity contribution in [2.45, 2.75) is 0 Å². The number of nitro groups is 1. The number of hydrogen-bond acceptors (Lipinski definition) is 4. The molecule has 0 aliphatic carbocycles. The van der Waals surface area contributed by atoms with Gasteiger partial charge in [-0.05, 0) is 11.6 Å². The smallest absolute Gasteiger partial charge is 0.282 e. The Kier molecular flexibility index (Phi) is 4.46. The van der Waals surface area contributed by atoms with E-state index in [9.17, 15) is 14.9 Å². The minimum absolute atomic E-state index is 0.0153. The number of amides is 1. The van der Waals surface area contributed by atoms with E-state index in [-0.39, 0.29) is 24.3 Å². The zero-order valence-electron chi connectivity index (χ0n) is 8.74. The van der Waals surface area contributed by atoms with Gasteiger partial charge in [-0.3, -0.25) is 14.9 Å². The van der Waals surface area contributed by atoms with Gasteiger partial charge in [0, 0.05) is 24.1 Å². The zero-order chi connectivity index (χ0) is 12.7. The quantitative estimate of drug-likeness (QED) is 0.208. The highest BCUT2D eigenvalue weighted by atomic mass is 16.6. The third-order valence-electron chi connectivity index (χ3n) is 1.91. The van der Waals surface area contributed by atoms with Crippen molar-refractivity contribution in [1.82, 2.24) is 5.32 Å². The van der Waals surface area contributed by atoms with Crippen LogP contribution in [0.2, 0.25) is 0 Å². The lowest BCUT2D eigenvalue weighted by molar-refractivity contribution is -0.385. The van der Waals surface area contributed by atoms with Crippen molar-refractivity contribution >= 4 is 11.6 Å². The normalized spacial score (nSPS) is 9.18. The second kappa shape index (κ2) is 6.09. The number of nitro benzene ring substituents is 1. The molecular weight excluding hydrogens is 226 g/mol. The molecule has 0 radical (unpaired) electrons. The van der Waals surface area contributed by atoms with Gasteiger partial charge in [-0.25, -0.2) is 0 Å². The SMILES string of the molecule is [N-]=[N+]=NCCNC(=O)c1ccccc1[N+](=O)[O-]. The largest absolute Gasteiger partial charge is 0.352 e. The standard InChI is InChI=1S/C9H9N5O3/c10-13-12-6-5-11-9(15)7-3-1-2-4-8(7)14(16)17/h1-4H,5-6H2,(H,11,15). The maximum absolute atomic E-state index is 11.6. The number of hydrogen-bond donors (Lipinski definition) is 1. The van der Waals surface area contributed by atoms with Crippen LogP contribution in [0.1, 0.15) is 10.4 Å². The van der Waals surface area contributed by atoms with E-state index >= 15 is 0 Å². The first-order valence-electron chi connectivity index (χ1n) is 4.69. The molecule has 0 saturated carbocycles. The molecule has 0 unspecified atom stereocenters. The average Bonchev–Trinajstić information content (AvgIpc) is 2.34. The van der Waals surface area contributed by atoms with E-state index in [0.29, 0.717) is 0 Å². The summed E-state index contributed by atoms with van der Waals surface area (Å²) in [5.74, 6) is -0.564. The van der Waals surface area contributed by atoms with Crippen LogP contribution in [0.15, 0.2) is 29.4 Å². The summed E-state index contributed by atoms with van der Waals surface area (Å²) in [6.45, 7) is 0.234. The van der Waals surface area contributed by atoms with Gasteiger partial charge in [0.25, 0.3) is 11.6 Å². The van der Waals surface area contributed by atoms with Crippen LogP contribution >= 0.6 is 0 Å². The van der Waals surface area contributed by atoms with Crippen molar-refractivity contribution in [2.75, 3.05) is 13.1 Å². The molecule has 0 aliphatic heterocycles. The average molecular weight is 235 g/mol. The van der Waals surface area contributed by atoms with Crippen LogP contribution in [-0.4, -0.2) is 23.9 Å². The highest BCUT2D eigenvalue weighted by Gasteiger charge is 2.18. The van der Waals surface area contributed by atoms with Crippen molar-refractivity contribution in [1.29, 1.82) is 0 Å². The molecule has 1 aromatic carbocycles. The number of nitrogens with one attached hydrogen (secondary N) is 1. The fourth-order valence-electron chi connectivity index (χ4n) is 1.18. The van der Waals surface area contributed by atoms with Gasteiger partial charge in [0.1, 0.15) is 5.56 Å². The summed E-state index contributed by atoms with van der Waals surface area (Å²) in [6.07, 6.45) is 0. The molecule has 1 aromatic rings. The Labute approximate surface area is 96.0 Å². The van der Waals surface area contributed by atoms with E-state index in [4.69, 9.17) is 5.53 Å². The van der Waals surface area contributed by atoms with Gasteiger partial charge >= 0.3 is 0 Å². The molecule has 1 N–H and O–H groups in total. The molecule has 88 valence electrons. The Morgan fingerprint density at radius 3 is 2.88 bits per heavy atom. The molecule has 8 heteroatoms. The highest BCUT2D eigenvalue weighted by molar-refractivity contribution is 5.98. The van der Waals surface area contributed by atoms with Crippen molar-refractivity contribution in [3.63, 3.8) is 0 Å². The predicted molar refractivity (Wildman–Crippen MR) is 59.4 cm³/mol.